The van der Waals surface area contributed by atoms with Crippen LogP contribution in [0.1, 0.15) is 48.9 Å². The van der Waals surface area contributed by atoms with Crippen LogP contribution in [0.2, 0.25) is 0 Å². The van der Waals surface area contributed by atoms with Crippen LogP contribution in [0.3, 0.4) is 0 Å². The van der Waals surface area contributed by atoms with Crippen LogP contribution >= 0.6 is 36.2 Å². The molecule has 0 bridgehead atoms. The molecule has 2 aliphatic rings. The highest BCUT2D eigenvalue weighted by Gasteiger charge is 2.25. The molecule has 1 saturated carbocycles. The van der Waals surface area contributed by atoms with Gasteiger partial charge in [-0.3, -0.25) is 4.90 Å². The van der Waals surface area contributed by atoms with Gasteiger partial charge in [-0.1, -0.05) is 17.3 Å². The van der Waals surface area contributed by atoms with Gasteiger partial charge in [-0.2, -0.15) is 0 Å². The quantitative estimate of drug-likeness (QED) is 0.195. The summed E-state index contributed by atoms with van der Waals surface area (Å²) in [5.41, 5.74) is 4.61. The number of fused-ring (bicyclic) bond motifs is 2. The molecule has 1 saturated heterocycles. The minimum atomic E-state index is 0. The van der Waals surface area contributed by atoms with Gasteiger partial charge in [-0.15, -0.1) is 36.2 Å². The maximum absolute atomic E-state index is 6.19. The molecule has 0 radical (unpaired) electrons. The molecule has 5 nitrogen and oxygen atoms in total. The molecule has 3 heterocycles. The third kappa shape index (κ3) is 6.65. The highest BCUT2D eigenvalue weighted by Crippen LogP contribution is 2.35. The maximum atomic E-state index is 6.19. The number of piperidine rings is 1. The Bertz CT molecular complexity index is 1330. The summed E-state index contributed by atoms with van der Waals surface area (Å²) in [5.74, 6) is 2.44. The molecule has 1 aliphatic carbocycles. The van der Waals surface area contributed by atoms with Crippen molar-refractivity contribution in [3.63, 3.8) is 0 Å². The lowest BCUT2D eigenvalue weighted by atomic mass is 9.90. The second-order valence-corrected chi connectivity index (χ2v) is 12.0. The summed E-state index contributed by atoms with van der Waals surface area (Å²) in [6, 6.07) is 13.3. The predicted molar refractivity (Wildman–Crippen MR) is 162 cm³/mol. The van der Waals surface area contributed by atoms with Gasteiger partial charge in [0.25, 0.3) is 0 Å². The largest absolute Gasteiger partial charge is 0.493 e. The van der Waals surface area contributed by atoms with Crippen LogP contribution in [-0.4, -0.2) is 48.7 Å². The molecule has 0 atom stereocenters. The first-order valence-electron chi connectivity index (χ1n) is 13.5. The van der Waals surface area contributed by atoms with E-state index < -0.39 is 0 Å². The molecule has 6 rings (SSSR count). The number of halogens is 2. The van der Waals surface area contributed by atoms with E-state index in [4.69, 9.17) is 9.26 Å². The molecule has 0 unspecified atom stereocenters. The SMILES string of the molecule is CN(C)Cc1c(OCC2CC2)ccc2c(CCC3CCN(Cc4cccc5sccc45)CC3)noc12.Cl.Cl. The maximum Gasteiger partial charge on any atom is 0.175 e. The van der Waals surface area contributed by atoms with Gasteiger partial charge in [-0.05, 0) is 118 Å². The Kier molecular flexibility index (Phi) is 9.99. The van der Waals surface area contributed by atoms with Crippen molar-refractivity contribution < 1.29 is 9.26 Å². The van der Waals surface area contributed by atoms with Crippen LogP contribution < -0.4 is 4.74 Å². The van der Waals surface area contributed by atoms with Gasteiger partial charge in [0.1, 0.15) is 5.75 Å². The molecule has 0 spiro atoms. The Morgan fingerprint density at radius 2 is 1.82 bits per heavy atom. The Morgan fingerprint density at radius 1 is 1.00 bits per heavy atom. The van der Waals surface area contributed by atoms with Crippen molar-refractivity contribution in [3.05, 3.63) is 58.6 Å². The van der Waals surface area contributed by atoms with E-state index in [9.17, 15) is 0 Å². The average molecular weight is 577 g/mol. The van der Waals surface area contributed by atoms with Crippen LogP contribution in [0.25, 0.3) is 21.1 Å². The lowest BCUT2D eigenvalue weighted by Gasteiger charge is -2.32. The Labute approximate surface area is 242 Å². The molecular weight excluding hydrogens is 537 g/mol. The Hall–Kier alpha value is -1.83. The molecule has 2 aromatic carbocycles. The van der Waals surface area contributed by atoms with Crippen molar-refractivity contribution in [3.8, 4) is 5.75 Å². The van der Waals surface area contributed by atoms with E-state index in [2.05, 4.69) is 70.8 Å². The molecule has 206 valence electrons. The van der Waals surface area contributed by atoms with Crippen LogP contribution in [0.5, 0.6) is 5.75 Å². The summed E-state index contributed by atoms with van der Waals surface area (Å²) in [6.07, 6.45) is 7.28. The predicted octanol–water partition coefficient (Wildman–Crippen LogP) is 7.58. The van der Waals surface area contributed by atoms with E-state index in [0.29, 0.717) is 0 Å². The lowest BCUT2D eigenvalue weighted by Crippen LogP contribution is -2.33. The third-order valence-electron chi connectivity index (χ3n) is 7.90. The van der Waals surface area contributed by atoms with Gasteiger partial charge in [0.2, 0.25) is 0 Å². The Balaban J connectivity index is 0.00000168. The number of aryl methyl sites for hydroxylation is 1. The summed E-state index contributed by atoms with van der Waals surface area (Å²) < 4.78 is 13.5. The Morgan fingerprint density at radius 3 is 2.58 bits per heavy atom. The van der Waals surface area contributed by atoms with Crippen molar-refractivity contribution >= 4 is 57.2 Å². The van der Waals surface area contributed by atoms with E-state index in [0.717, 1.165) is 65.9 Å². The van der Waals surface area contributed by atoms with Crippen LogP contribution in [0.15, 0.2) is 46.3 Å². The van der Waals surface area contributed by atoms with Gasteiger partial charge in [-0.25, -0.2) is 0 Å². The van der Waals surface area contributed by atoms with Crippen molar-refractivity contribution in [2.24, 2.45) is 11.8 Å². The van der Waals surface area contributed by atoms with Gasteiger partial charge in [0.05, 0.1) is 17.9 Å². The molecule has 0 N–H and O–H groups in total. The number of ether oxygens (including phenoxy) is 1. The van der Waals surface area contributed by atoms with E-state index in [1.54, 1.807) is 0 Å². The molecule has 1 aliphatic heterocycles. The highest BCUT2D eigenvalue weighted by molar-refractivity contribution is 7.17. The molecule has 2 fully saturated rings. The first kappa shape index (κ1) is 29.2. The minimum absolute atomic E-state index is 0. The molecule has 8 heteroatoms. The zero-order valence-corrected chi connectivity index (χ0v) is 24.8. The van der Waals surface area contributed by atoms with E-state index in [1.165, 1.54) is 60.8 Å². The number of thiophene rings is 1. The first-order valence-corrected chi connectivity index (χ1v) is 14.4. The number of nitrogens with zero attached hydrogens (tertiary/aromatic N) is 3. The number of hydrogen-bond donors (Lipinski definition) is 0. The summed E-state index contributed by atoms with van der Waals surface area (Å²) in [6.45, 7) is 5.03. The highest BCUT2D eigenvalue weighted by atomic mass is 35.5. The van der Waals surface area contributed by atoms with E-state index >= 15 is 0 Å². The summed E-state index contributed by atoms with van der Waals surface area (Å²) >= 11 is 1.84. The monoisotopic (exact) mass is 575 g/mol. The molecule has 2 aromatic heterocycles. The fraction of sp³-hybridized carbons (Fsp3) is 0.500. The van der Waals surface area contributed by atoms with Crippen molar-refractivity contribution in [2.45, 2.75) is 51.6 Å². The van der Waals surface area contributed by atoms with Gasteiger partial charge < -0.3 is 14.2 Å². The van der Waals surface area contributed by atoms with Gasteiger partial charge in [0, 0.05) is 23.2 Å². The van der Waals surface area contributed by atoms with E-state index in [1.807, 2.05) is 11.3 Å². The van der Waals surface area contributed by atoms with Crippen LogP contribution in [0.4, 0.5) is 0 Å². The standard InChI is InChI=1S/C30H37N3O2S.2ClH/c1-32(2)19-26-28(34-20-22-6-7-22)11-9-25-27(31-35-30(25)26)10-8-21-12-15-33(16-13-21)18-23-4-3-5-29-24(23)14-17-36-29;;/h3-5,9,11,14,17,21-22H,6-8,10,12-13,15-16,18-20H2,1-2H3;2*1H. The summed E-state index contributed by atoms with van der Waals surface area (Å²) in [5, 5.41) is 9.33. The first-order chi connectivity index (χ1) is 17.6. The fourth-order valence-corrected chi connectivity index (χ4v) is 6.41. The zero-order chi connectivity index (χ0) is 24.5. The zero-order valence-electron chi connectivity index (χ0n) is 22.4. The van der Waals surface area contributed by atoms with Gasteiger partial charge in [0.15, 0.2) is 5.58 Å². The summed E-state index contributed by atoms with van der Waals surface area (Å²) in [7, 11) is 4.18. The fourth-order valence-electron chi connectivity index (χ4n) is 5.57. The van der Waals surface area contributed by atoms with Crippen molar-refractivity contribution in [1.82, 2.24) is 15.0 Å². The lowest BCUT2D eigenvalue weighted by molar-refractivity contribution is 0.172. The smallest absolute Gasteiger partial charge is 0.175 e. The van der Waals surface area contributed by atoms with Crippen molar-refractivity contribution in [1.29, 1.82) is 0 Å². The van der Waals surface area contributed by atoms with Gasteiger partial charge >= 0.3 is 0 Å². The number of aromatic nitrogens is 1. The molecular formula is C30H39Cl2N3O2S. The second-order valence-electron chi connectivity index (χ2n) is 11.0. The second kappa shape index (κ2) is 13.0. The normalized spacial score (nSPS) is 16.6. The van der Waals surface area contributed by atoms with Crippen LogP contribution in [0, 0.1) is 11.8 Å². The number of hydrogen-bond acceptors (Lipinski definition) is 6. The van der Waals surface area contributed by atoms with Crippen LogP contribution in [-0.2, 0) is 19.5 Å². The number of benzene rings is 2. The van der Waals surface area contributed by atoms with E-state index in [-0.39, 0.29) is 24.8 Å². The summed E-state index contributed by atoms with van der Waals surface area (Å²) in [4.78, 5) is 4.80. The number of likely N-dealkylation sites (tertiary alicyclic amines) is 1. The topological polar surface area (TPSA) is 41.7 Å². The average Bonchev–Trinajstić information content (AvgIpc) is 3.41. The molecule has 38 heavy (non-hydrogen) atoms. The third-order valence-corrected chi connectivity index (χ3v) is 8.78. The number of rotatable bonds is 10. The van der Waals surface area contributed by atoms with Crippen molar-refractivity contribution in [2.75, 3.05) is 33.8 Å². The molecule has 4 aromatic rings. The minimum Gasteiger partial charge on any atom is -0.493 e. The molecule has 0 amide bonds.